The van der Waals surface area contributed by atoms with Crippen LogP contribution in [0.3, 0.4) is 0 Å². The van der Waals surface area contributed by atoms with Crippen LogP contribution in [0.25, 0.3) is 0 Å². The smallest absolute Gasteiger partial charge is 0.327 e. The van der Waals surface area contributed by atoms with E-state index in [0.29, 0.717) is 11.4 Å². The van der Waals surface area contributed by atoms with E-state index in [4.69, 9.17) is 18.9 Å². The lowest BCUT2D eigenvalue weighted by molar-refractivity contribution is -0.386. The third kappa shape index (κ3) is 4.40. The Morgan fingerprint density at radius 1 is 0.933 bits per heavy atom. The van der Waals surface area contributed by atoms with Gasteiger partial charge in [0.1, 0.15) is 11.3 Å². The quantitative estimate of drug-likeness (QED) is 0.531. The minimum Gasteiger partial charge on any atom is -0.495 e. The van der Waals surface area contributed by atoms with Crippen LogP contribution in [0.5, 0.6) is 23.0 Å². The SMILES string of the molecule is COc1ccc(C(C)(C)C)cc1NC(=O)c1cc(OC)c(OC)c(OC)c1[N+](=O)[O-]. The summed E-state index contributed by atoms with van der Waals surface area (Å²) in [6, 6.07) is 6.66. The van der Waals surface area contributed by atoms with E-state index in [9.17, 15) is 14.9 Å². The van der Waals surface area contributed by atoms with Gasteiger partial charge in [0.05, 0.1) is 39.0 Å². The lowest BCUT2D eigenvalue weighted by atomic mass is 9.87. The first-order valence-electron chi connectivity index (χ1n) is 9.06. The molecule has 2 aromatic carbocycles. The number of carbonyl (C=O) groups excluding carboxylic acids is 1. The number of anilines is 1. The number of hydrogen-bond acceptors (Lipinski definition) is 7. The molecule has 0 aliphatic carbocycles. The van der Waals surface area contributed by atoms with Crippen LogP contribution in [0, 0.1) is 10.1 Å². The van der Waals surface area contributed by atoms with Crippen LogP contribution in [-0.4, -0.2) is 39.3 Å². The molecule has 0 radical (unpaired) electrons. The fraction of sp³-hybridized carbons (Fsp3) is 0.381. The first-order valence-corrected chi connectivity index (χ1v) is 9.06. The van der Waals surface area contributed by atoms with Crippen molar-refractivity contribution >= 4 is 17.3 Å². The highest BCUT2D eigenvalue weighted by molar-refractivity contribution is 6.09. The van der Waals surface area contributed by atoms with E-state index in [0.717, 1.165) is 5.56 Å². The summed E-state index contributed by atoms with van der Waals surface area (Å²) in [6.45, 7) is 6.10. The maximum atomic E-state index is 13.1. The average Bonchev–Trinajstić information content (AvgIpc) is 2.70. The van der Waals surface area contributed by atoms with E-state index in [1.165, 1.54) is 34.5 Å². The second-order valence-corrected chi connectivity index (χ2v) is 7.42. The fourth-order valence-corrected chi connectivity index (χ4v) is 2.96. The maximum absolute atomic E-state index is 13.1. The highest BCUT2D eigenvalue weighted by Crippen LogP contribution is 2.46. The molecule has 2 aromatic rings. The van der Waals surface area contributed by atoms with E-state index < -0.39 is 16.5 Å². The van der Waals surface area contributed by atoms with Crippen molar-refractivity contribution in [1.29, 1.82) is 0 Å². The van der Waals surface area contributed by atoms with Gasteiger partial charge < -0.3 is 24.3 Å². The second kappa shape index (κ2) is 8.89. The van der Waals surface area contributed by atoms with Crippen molar-refractivity contribution < 1.29 is 28.7 Å². The molecular weight excluding hydrogens is 392 g/mol. The van der Waals surface area contributed by atoms with Crippen molar-refractivity contribution in [3.63, 3.8) is 0 Å². The Kier molecular flexibility index (Phi) is 6.76. The van der Waals surface area contributed by atoms with Crippen molar-refractivity contribution in [2.45, 2.75) is 26.2 Å². The van der Waals surface area contributed by atoms with Gasteiger partial charge in [0.2, 0.25) is 11.5 Å². The molecule has 162 valence electrons. The van der Waals surface area contributed by atoms with E-state index in [-0.39, 0.29) is 28.2 Å². The largest absolute Gasteiger partial charge is 0.495 e. The molecule has 0 spiro atoms. The highest BCUT2D eigenvalue weighted by atomic mass is 16.6. The van der Waals surface area contributed by atoms with Gasteiger partial charge in [-0.15, -0.1) is 0 Å². The molecule has 9 heteroatoms. The van der Waals surface area contributed by atoms with Gasteiger partial charge in [-0.25, -0.2) is 0 Å². The van der Waals surface area contributed by atoms with E-state index in [1.54, 1.807) is 12.1 Å². The number of carbonyl (C=O) groups is 1. The number of nitrogens with zero attached hydrogens (tertiary/aromatic N) is 1. The fourth-order valence-electron chi connectivity index (χ4n) is 2.96. The summed E-state index contributed by atoms with van der Waals surface area (Å²) in [5, 5.41) is 14.5. The van der Waals surface area contributed by atoms with Crippen LogP contribution < -0.4 is 24.3 Å². The summed E-state index contributed by atoms with van der Waals surface area (Å²) in [6.07, 6.45) is 0. The lowest BCUT2D eigenvalue weighted by Gasteiger charge is -2.21. The molecule has 0 saturated heterocycles. The number of ether oxygens (including phenoxy) is 4. The van der Waals surface area contributed by atoms with Gasteiger partial charge >= 0.3 is 5.69 Å². The third-order valence-electron chi connectivity index (χ3n) is 4.54. The van der Waals surface area contributed by atoms with Gasteiger partial charge in [-0.2, -0.15) is 0 Å². The maximum Gasteiger partial charge on any atom is 0.327 e. The summed E-state index contributed by atoms with van der Waals surface area (Å²) in [5.41, 5.74) is 0.400. The molecule has 0 heterocycles. The van der Waals surface area contributed by atoms with Crippen LogP contribution >= 0.6 is 0 Å². The molecule has 0 bridgehead atoms. The molecule has 0 aliphatic rings. The van der Waals surface area contributed by atoms with Gasteiger partial charge in [-0.1, -0.05) is 26.8 Å². The number of amides is 1. The zero-order valence-corrected chi connectivity index (χ0v) is 18.1. The van der Waals surface area contributed by atoms with Crippen LogP contribution in [0.2, 0.25) is 0 Å². The van der Waals surface area contributed by atoms with Gasteiger partial charge in [0, 0.05) is 6.07 Å². The summed E-state index contributed by atoms with van der Waals surface area (Å²) in [4.78, 5) is 24.1. The zero-order valence-electron chi connectivity index (χ0n) is 18.1. The Bertz CT molecular complexity index is 965. The van der Waals surface area contributed by atoms with Crippen LogP contribution in [0.15, 0.2) is 24.3 Å². The normalized spacial score (nSPS) is 10.9. The van der Waals surface area contributed by atoms with Gasteiger partial charge in [-0.3, -0.25) is 14.9 Å². The Morgan fingerprint density at radius 2 is 1.53 bits per heavy atom. The molecule has 0 atom stereocenters. The Balaban J connectivity index is 2.63. The molecule has 1 N–H and O–H groups in total. The number of methoxy groups -OCH3 is 4. The van der Waals surface area contributed by atoms with Crippen molar-refractivity contribution in [1.82, 2.24) is 0 Å². The Labute approximate surface area is 175 Å². The van der Waals surface area contributed by atoms with Crippen molar-refractivity contribution in [3.05, 3.63) is 45.5 Å². The molecule has 2 rings (SSSR count). The monoisotopic (exact) mass is 418 g/mol. The first kappa shape index (κ1) is 22.8. The number of nitrogens with one attached hydrogen (secondary N) is 1. The first-order chi connectivity index (χ1) is 14.1. The minimum atomic E-state index is -0.717. The molecule has 0 aliphatic heterocycles. The van der Waals surface area contributed by atoms with Gasteiger partial charge in [-0.05, 0) is 23.1 Å². The molecule has 1 amide bonds. The predicted molar refractivity (Wildman–Crippen MR) is 112 cm³/mol. The third-order valence-corrected chi connectivity index (χ3v) is 4.54. The van der Waals surface area contributed by atoms with Gasteiger partial charge in [0.15, 0.2) is 5.75 Å². The number of rotatable bonds is 7. The second-order valence-electron chi connectivity index (χ2n) is 7.42. The summed E-state index contributed by atoms with van der Waals surface area (Å²) < 4.78 is 20.9. The highest BCUT2D eigenvalue weighted by Gasteiger charge is 2.33. The zero-order chi connectivity index (χ0) is 22.6. The van der Waals surface area contributed by atoms with E-state index >= 15 is 0 Å². The van der Waals surface area contributed by atoms with E-state index in [2.05, 4.69) is 5.32 Å². The van der Waals surface area contributed by atoms with Crippen molar-refractivity contribution in [2.75, 3.05) is 33.8 Å². The topological polar surface area (TPSA) is 109 Å². The van der Waals surface area contributed by atoms with E-state index in [1.807, 2.05) is 26.8 Å². The molecular formula is C21H26N2O7. The standard InChI is InChI=1S/C21H26N2O7/c1-21(2,3)12-8-9-15(27-4)14(10-12)22-20(24)13-11-16(28-5)18(29-6)19(30-7)17(13)23(25)26/h8-11H,1-7H3,(H,22,24). The predicted octanol–water partition coefficient (Wildman–Crippen LogP) is 4.18. The Morgan fingerprint density at radius 3 is 2.00 bits per heavy atom. The van der Waals surface area contributed by atoms with Crippen LogP contribution in [0.4, 0.5) is 11.4 Å². The number of benzene rings is 2. The number of hydrogen-bond donors (Lipinski definition) is 1. The van der Waals surface area contributed by atoms with Crippen molar-refractivity contribution in [3.8, 4) is 23.0 Å². The molecule has 0 fully saturated rings. The molecule has 9 nitrogen and oxygen atoms in total. The van der Waals surface area contributed by atoms with Gasteiger partial charge in [0.25, 0.3) is 5.91 Å². The summed E-state index contributed by atoms with van der Waals surface area (Å²) in [5.74, 6) is -0.352. The summed E-state index contributed by atoms with van der Waals surface area (Å²) >= 11 is 0. The molecule has 0 aromatic heterocycles. The average molecular weight is 418 g/mol. The minimum absolute atomic E-state index is 0.0237. The van der Waals surface area contributed by atoms with Crippen molar-refractivity contribution in [2.24, 2.45) is 0 Å². The molecule has 0 unspecified atom stereocenters. The Hall–Kier alpha value is -3.49. The molecule has 30 heavy (non-hydrogen) atoms. The molecule has 0 saturated carbocycles. The number of nitro benzene ring substituents is 1. The lowest BCUT2D eigenvalue weighted by Crippen LogP contribution is -2.17. The number of nitro groups is 1. The van der Waals surface area contributed by atoms with Crippen LogP contribution in [0.1, 0.15) is 36.7 Å². The summed E-state index contributed by atoms with van der Waals surface area (Å²) in [7, 11) is 5.42. The van der Waals surface area contributed by atoms with Crippen LogP contribution in [-0.2, 0) is 5.41 Å².